The average molecular weight is 604 g/mol. The molecule has 6 rings (SSSR count). The zero-order valence-electron chi connectivity index (χ0n) is 24.0. The Hall–Kier alpha value is -4.62. The predicted molar refractivity (Wildman–Crippen MR) is 157 cm³/mol. The third-order valence-corrected chi connectivity index (χ3v) is 8.71. The molecule has 44 heavy (non-hydrogen) atoms. The van der Waals surface area contributed by atoms with Gasteiger partial charge in [0.2, 0.25) is 17.7 Å². The van der Waals surface area contributed by atoms with Crippen molar-refractivity contribution in [3.05, 3.63) is 82.6 Å². The van der Waals surface area contributed by atoms with Crippen LogP contribution in [0.2, 0.25) is 0 Å². The molecule has 5 N–H and O–H groups in total. The number of imide groups is 1. The summed E-state index contributed by atoms with van der Waals surface area (Å²) in [6, 6.07) is 7.82. The molecule has 3 atom stereocenters. The van der Waals surface area contributed by atoms with Crippen molar-refractivity contribution < 1.29 is 28.7 Å². The molecule has 230 valence electrons. The molecule has 3 aliphatic heterocycles. The first-order valence-corrected chi connectivity index (χ1v) is 14.7. The number of nitrogens with zero attached hydrogens (tertiary/aromatic N) is 4. The second-order valence-electron chi connectivity index (χ2n) is 11.4. The molecule has 0 saturated carbocycles. The molecule has 3 fully saturated rings. The van der Waals surface area contributed by atoms with E-state index in [9.17, 15) is 24.3 Å². The standard InChI is InChI=1S/C31H34FN7O5/c32-21-15-18(17-37-11-13-38(14-12-37)23-5-2-10-34-27(23)28(33)41)6-7-19(21)16-35-22-4-1-3-20-26(22)31(44)39(30(20)43)24-8-9-25(40)36-29(24)42/h1-2,4-7,10,15,20,24,31,35,44H,3,8-9,11-14,16-17H2,(H2,33,41)(H,36,40,42). The van der Waals surface area contributed by atoms with E-state index in [0.29, 0.717) is 42.9 Å². The van der Waals surface area contributed by atoms with Crippen molar-refractivity contribution in [3.8, 4) is 0 Å². The summed E-state index contributed by atoms with van der Waals surface area (Å²) in [4.78, 5) is 58.6. The number of carbonyl (C=O) groups is 4. The molecule has 0 spiro atoms. The van der Waals surface area contributed by atoms with E-state index in [1.54, 1.807) is 24.4 Å². The number of halogens is 1. The van der Waals surface area contributed by atoms with Gasteiger partial charge in [-0.05, 0) is 42.7 Å². The highest BCUT2D eigenvalue weighted by molar-refractivity contribution is 6.02. The van der Waals surface area contributed by atoms with Gasteiger partial charge in [0.15, 0.2) is 11.9 Å². The number of rotatable bonds is 8. The molecular weight excluding hydrogens is 569 g/mol. The van der Waals surface area contributed by atoms with Gasteiger partial charge in [0.05, 0.1) is 11.6 Å². The van der Waals surface area contributed by atoms with E-state index in [4.69, 9.17) is 5.73 Å². The summed E-state index contributed by atoms with van der Waals surface area (Å²) in [7, 11) is 0. The molecule has 3 saturated heterocycles. The SMILES string of the molecule is NC(=O)c1ncccc1N1CCN(Cc2ccc(CNC3=C4C(CC=C3)C(=O)N(C3CCC(=O)NC3=O)C4O)c(F)c2)CC1. The summed E-state index contributed by atoms with van der Waals surface area (Å²) in [6.45, 7) is 3.50. The van der Waals surface area contributed by atoms with Crippen molar-refractivity contribution in [3.63, 3.8) is 0 Å². The number of anilines is 1. The number of benzene rings is 1. The molecule has 4 heterocycles. The van der Waals surface area contributed by atoms with E-state index in [1.807, 2.05) is 18.2 Å². The molecule has 1 aromatic carbocycles. The summed E-state index contributed by atoms with van der Waals surface area (Å²) in [6.07, 6.45) is 4.43. The number of amides is 4. The van der Waals surface area contributed by atoms with Crippen LogP contribution < -0.4 is 21.3 Å². The number of aliphatic hydroxyl groups excluding tert-OH is 1. The number of nitrogens with two attached hydrogens (primary N) is 1. The fourth-order valence-electron chi connectivity index (χ4n) is 6.44. The van der Waals surface area contributed by atoms with Gasteiger partial charge in [0.1, 0.15) is 11.9 Å². The summed E-state index contributed by atoms with van der Waals surface area (Å²) in [5, 5.41) is 16.6. The molecule has 1 aliphatic carbocycles. The summed E-state index contributed by atoms with van der Waals surface area (Å²) in [5.41, 5.74) is 8.69. The van der Waals surface area contributed by atoms with Crippen LogP contribution in [0.5, 0.6) is 0 Å². The number of fused-ring (bicyclic) bond motifs is 1. The van der Waals surface area contributed by atoms with Crippen molar-refractivity contribution in [1.82, 2.24) is 25.4 Å². The van der Waals surface area contributed by atoms with Gasteiger partial charge in [-0.2, -0.15) is 0 Å². The molecule has 4 aliphatic rings. The normalized spacial score (nSPS) is 24.0. The maximum absolute atomic E-state index is 15.2. The minimum absolute atomic E-state index is 0.0919. The molecule has 2 aromatic rings. The van der Waals surface area contributed by atoms with Gasteiger partial charge in [-0.1, -0.05) is 18.2 Å². The Morgan fingerprint density at radius 1 is 1.16 bits per heavy atom. The molecular formula is C31H34FN7O5. The number of carbonyl (C=O) groups excluding carboxylic acids is 4. The van der Waals surface area contributed by atoms with Gasteiger partial charge in [-0.25, -0.2) is 9.37 Å². The number of piperidine rings is 1. The van der Waals surface area contributed by atoms with E-state index >= 15 is 4.39 Å². The first kappa shape index (κ1) is 29.5. The van der Waals surface area contributed by atoms with Crippen LogP contribution in [0.4, 0.5) is 10.1 Å². The lowest BCUT2D eigenvalue weighted by Gasteiger charge is -2.36. The van der Waals surface area contributed by atoms with E-state index in [-0.39, 0.29) is 36.8 Å². The number of nitrogens with one attached hydrogen (secondary N) is 2. The Balaban J connectivity index is 1.08. The van der Waals surface area contributed by atoms with Gasteiger partial charge in [0.25, 0.3) is 5.91 Å². The fourth-order valence-corrected chi connectivity index (χ4v) is 6.44. The van der Waals surface area contributed by atoms with E-state index in [2.05, 4.69) is 25.4 Å². The number of aromatic nitrogens is 1. The number of piperazine rings is 1. The number of hydrogen-bond acceptors (Lipinski definition) is 9. The highest BCUT2D eigenvalue weighted by Gasteiger charge is 2.50. The van der Waals surface area contributed by atoms with Crippen LogP contribution in [0.1, 0.15) is 40.9 Å². The van der Waals surface area contributed by atoms with Gasteiger partial charge in [-0.15, -0.1) is 0 Å². The minimum atomic E-state index is -1.32. The van der Waals surface area contributed by atoms with Gasteiger partial charge in [-0.3, -0.25) is 29.4 Å². The smallest absolute Gasteiger partial charge is 0.269 e. The summed E-state index contributed by atoms with van der Waals surface area (Å²) < 4.78 is 15.2. The highest BCUT2D eigenvalue weighted by Crippen LogP contribution is 2.39. The Bertz CT molecular complexity index is 1570. The lowest BCUT2D eigenvalue weighted by molar-refractivity contribution is -0.150. The largest absolute Gasteiger partial charge is 0.381 e. The summed E-state index contributed by atoms with van der Waals surface area (Å²) in [5.74, 6) is -2.92. The van der Waals surface area contributed by atoms with Crippen LogP contribution in [0.15, 0.2) is 60.0 Å². The van der Waals surface area contributed by atoms with E-state index < -0.39 is 35.9 Å². The second-order valence-corrected chi connectivity index (χ2v) is 11.4. The second kappa shape index (κ2) is 12.2. The quantitative estimate of drug-likeness (QED) is 0.316. The van der Waals surface area contributed by atoms with E-state index in [0.717, 1.165) is 24.3 Å². The first-order valence-electron chi connectivity index (χ1n) is 14.7. The zero-order valence-corrected chi connectivity index (χ0v) is 24.0. The number of likely N-dealkylation sites (tertiary alicyclic amines) is 1. The van der Waals surface area contributed by atoms with E-state index in [1.165, 1.54) is 11.0 Å². The molecule has 13 heteroatoms. The van der Waals surface area contributed by atoms with Gasteiger partial charge in [0, 0.05) is 68.7 Å². The highest BCUT2D eigenvalue weighted by atomic mass is 19.1. The molecule has 3 unspecified atom stereocenters. The third-order valence-electron chi connectivity index (χ3n) is 8.71. The Morgan fingerprint density at radius 2 is 1.95 bits per heavy atom. The maximum atomic E-state index is 15.2. The van der Waals surface area contributed by atoms with Crippen molar-refractivity contribution in [2.75, 3.05) is 31.1 Å². The summed E-state index contributed by atoms with van der Waals surface area (Å²) >= 11 is 0. The van der Waals surface area contributed by atoms with Crippen molar-refractivity contribution >= 4 is 29.3 Å². The van der Waals surface area contributed by atoms with Gasteiger partial charge >= 0.3 is 0 Å². The topological polar surface area (TPSA) is 161 Å². The maximum Gasteiger partial charge on any atom is 0.269 e. The molecule has 4 amide bonds. The zero-order chi connectivity index (χ0) is 31.0. The monoisotopic (exact) mass is 603 g/mol. The van der Waals surface area contributed by atoms with Crippen LogP contribution in [-0.4, -0.2) is 82.0 Å². The number of pyridine rings is 1. The minimum Gasteiger partial charge on any atom is -0.381 e. The first-order chi connectivity index (χ1) is 21.2. The van der Waals surface area contributed by atoms with Crippen LogP contribution >= 0.6 is 0 Å². The van der Waals surface area contributed by atoms with Gasteiger partial charge < -0.3 is 26.0 Å². The lowest BCUT2D eigenvalue weighted by atomic mass is 9.91. The Kier molecular flexibility index (Phi) is 8.15. The van der Waals surface area contributed by atoms with Crippen LogP contribution in [0.25, 0.3) is 0 Å². The van der Waals surface area contributed by atoms with Crippen LogP contribution in [0, 0.1) is 11.7 Å². The number of primary amides is 1. The Labute approximate surface area is 253 Å². The third kappa shape index (κ3) is 5.67. The predicted octanol–water partition coefficient (Wildman–Crippen LogP) is 0.527. The number of hydrogen-bond donors (Lipinski definition) is 4. The van der Waals surface area contributed by atoms with Crippen LogP contribution in [-0.2, 0) is 27.5 Å². The number of aliphatic hydroxyl groups is 1. The molecule has 0 bridgehead atoms. The van der Waals surface area contributed by atoms with Crippen molar-refractivity contribution in [1.29, 1.82) is 0 Å². The molecule has 1 aromatic heterocycles. The number of allylic oxidation sites excluding steroid dienone is 2. The van der Waals surface area contributed by atoms with Crippen molar-refractivity contribution in [2.45, 2.75) is 44.6 Å². The fraction of sp³-hybridized carbons (Fsp3) is 0.387. The average Bonchev–Trinajstić information content (AvgIpc) is 3.27. The molecule has 0 radical (unpaired) electrons. The molecule has 12 nitrogen and oxygen atoms in total. The Morgan fingerprint density at radius 3 is 2.68 bits per heavy atom. The van der Waals surface area contributed by atoms with Crippen LogP contribution in [0.3, 0.4) is 0 Å². The lowest BCUT2D eigenvalue weighted by Crippen LogP contribution is -2.55. The van der Waals surface area contributed by atoms with Crippen molar-refractivity contribution in [2.24, 2.45) is 11.7 Å².